The first kappa shape index (κ1) is 13.0. The Balaban J connectivity index is 2.55. The van der Waals surface area contributed by atoms with Crippen LogP contribution < -0.4 is 0 Å². The summed E-state index contributed by atoms with van der Waals surface area (Å²) in [5, 5.41) is 8.92. The highest BCUT2D eigenvalue weighted by molar-refractivity contribution is 5.84. The van der Waals surface area contributed by atoms with Crippen LogP contribution in [0.15, 0.2) is 0 Å². The van der Waals surface area contributed by atoms with Crippen molar-refractivity contribution in [1.29, 1.82) is 0 Å². The third kappa shape index (κ3) is 3.48. The number of rotatable bonds is 6. The Bertz CT molecular complexity index is 273. The second kappa shape index (κ2) is 5.30. The minimum atomic E-state index is -0.968. The lowest BCUT2D eigenvalue weighted by Crippen LogP contribution is -2.46. The second-order valence-corrected chi connectivity index (χ2v) is 4.41. The van der Waals surface area contributed by atoms with Gasteiger partial charge in [-0.3, -0.25) is 4.79 Å². The number of hydrogen-bond acceptors (Lipinski definition) is 3. The third-order valence-corrected chi connectivity index (χ3v) is 2.54. The van der Waals surface area contributed by atoms with Crippen molar-refractivity contribution in [2.24, 2.45) is 0 Å². The average Bonchev–Trinajstić information content (AvgIpc) is 2.98. The zero-order valence-corrected chi connectivity index (χ0v) is 9.97. The maximum absolute atomic E-state index is 11.8. The Morgan fingerprint density at radius 3 is 2.31 bits per heavy atom. The zero-order valence-electron chi connectivity index (χ0n) is 9.97. The van der Waals surface area contributed by atoms with E-state index in [2.05, 4.69) is 0 Å². The first-order chi connectivity index (χ1) is 7.43. The lowest BCUT2D eigenvalue weighted by Gasteiger charge is -2.26. The smallest absolute Gasteiger partial charge is 0.326 e. The van der Waals surface area contributed by atoms with Gasteiger partial charge in [-0.2, -0.15) is 0 Å². The molecule has 1 aliphatic rings. The first-order valence-corrected chi connectivity index (χ1v) is 5.59. The van der Waals surface area contributed by atoms with Gasteiger partial charge in [-0.15, -0.1) is 0 Å². The molecule has 1 amide bonds. The molecule has 1 fully saturated rings. The molecule has 1 saturated carbocycles. The van der Waals surface area contributed by atoms with Gasteiger partial charge in [-0.1, -0.05) is 0 Å². The van der Waals surface area contributed by atoms with Gasteiger partial charge < -0.3 is 14.7 Å². The van der Waals surface area contributed by atoms with Crippen LogP contribution in [0.2, 0.25) is 0 Å². The molecule has 0 aromatic rings. The molecule has 0 saturated heterocycles. The maximum atomic E-state index is 11.8. The summed E-state index contributed by atoms with van der Waals surface area (Å²) in [6, 6.07) is -0.676. The molecular formula is C11H19NO4. The fourth-order valence-electron chi connectivity index (χ4n) is 1.52. The Morgan fingerprint density at radius 1 is 1.38 bits per heavy atom. The Morgan fingerprint density at radius 2 is 1.94 bits per heavy atom. The third-order valence-electron chi connectivity index (χ3n) is 2.54. The molecule has 1 aliphatic carbocycles. The van der Waals surface area contributed by atoms with Crippen LogP contribution in [0.4, 0.5) is 0 Å². The predicted octanol–water partition coefficient (Wildman–Crippen LogP) is 0.876. The van der Waals surface area contributed by atoms with Crippen LogP contribution in [0.5, 0.6) is 0 Å². The molecule has 5 heteroatoms. The summed E-state index contributed by atoms with van der Waals surface area (Å²) < 4.78 is 5.21. The van der Waals surface area contributed by atoms with Crippen LogP contribution in [0.1, 0.15) is 33.6 Å². The molecule has 0 heterocycles. The Labute approximate surface area is 95.4 Å². The molecule has 1 unspecified atom stereocenters. The number of nitrogens with zero attached hydrogens (tertiary/aromatic N) is 1. The quantitative estimate of drug-likeness (QED) is 0.734. The summed E-state index contributed by atoms with van der Waals surface area (Å²) in [6.45, 7) is 5.18. The van der Waals surface area contributed by atoms with E-state index in [-0.39, 0.29) is 24.7 Å². The number of hydrogen-bond donors (Lipinski definition) is 1. The van der Waals surface area contributed by atoms with Gasteiger partial charge in [-0.25, -0.2) is 4.79 Å². The van der Waals surface area contributed by atoms with Crippen LogP contribution in [0.25, 0.3) is 0 Å². The van der Waals surface area contributed by atoms with Crippen LogP contribution in [-0.2, 0) is 14.3 Å². The van der Waals surface area contributed by atoms with Gasteiger partial charge in [0.15, 0.2) is 0 Å². The molecule has 0 aromatic carbocycles. The van der Waals surface area contributed by atoms with Gasteiger partial charge in [-0.05, 0) is 33.6 Å². The van der Waals surface area contributed by atoms with Crippen molar-refractivity contribution < 1.29 is 19.4 Å². The van der Waals surface area contributed by atoms with Gasteiger partial charge >= 0.3 is 5.97 Å². The van der Waals surface area contributed by atoms with Gasteiger partial charge in [0.1, 0.15) is 12.6 Å². The lowest BCUT2D eigenvalue weighted by molar-refractivity contribution is -0.152. The summed E-state index contributed by atoms with van der Waals surface area (Å²) in [5.41, 5.74) is 0. The molecule has 5 nitrogen and oxygen atoms in total. The number of carboxylic acids is 1. The summed E-state index contributed by atoms with van der Waals surface area (Å²) in [6.07, 6.45) is 1.76. The minimum absolute atomic E-state index is 0.0230. The van der Waals surface area contributed by atoms with Gasteiger partial charge in [0.05, 0.1) is 6.10 Å². The van der Waals surface area contributed by atoms with Gasteiger partial charge in [0.2, 0.25) is 5.91 Å². The molecule has 92 valence electrons. The van der Waals surface area contributed by atoms with E-state index in [4.69, 9.17) is 9.84 Å². The molecule has 0 aromatic heterocycles. The molecular weight excluding hydrogens is 210 g/mol. The number of amides is 1. The molecule has 1 rings (SSSR count). The highest BCUT2D eigenvalue weighted by Gasteiger charge is 2.38. The van der Waals surface area contributed by atoms with Crippen LogP contribution in [-0.4, -0.2) is 46.7 Å². The molecule has 0 radical (unpaired) electrons. The standard InChI is InChI=1S/C11H19NO4/c1-7(2)16-6-10(13)12(9-4-5-9)8(3)11(14)15/h7-9H,4-6H2,1-3H3,(H,14,15). The largest absolute Gasteiger partial charge is 0.480 e. The molecule has 0 bridgehead atoms. The van der Waals surface area contributed by atoms with Crippen molar-refractivity contribution in [3.8, 4) is 0 Å². The van der Waals surface area contributed by atoms with Crippen LogP contribution in [0.3, 0.4) is 0 Å². The fourth-order valence-corrected chi connectivity index (χ4v) is 1.52. The van der Waals surface area contributed by atoms with E-state index in [1.165, 1.54) is 11.8 Å². The molecule has 0 spiro atoms. The number of aliphatic carboxylic acids is 1. The maximum Gasteiger partial charge on any atom is 0.326 e. The predicted molar refractivity (Wildman–Crippen MR) is 58.1 cm³/mol. The number of carbonyl (C=O) groups is 2. The van der Waals surface area contributed by atoms with Crippen molar-refractivity contribution >= 4 is 11.9 Å². The SMILES string of the molecule is CC(C)OCC(=O)N(C1CC1)C(C)C(=O)O. The summed E-state index contributed by atoms with van der Waals surface area (Å²) in [7, 11) is 0. The van der Waals surface area contributed by atoms with Crippen LogP contribution in [0, 0.1) is 0 Å². The Hall–Kier alpha value is -1.10. The average molecular weight is 229 g/mol. The van der Waals surface area contributed by atoms with Crippen molar-refractivity contribution in [2.45, 2.75) is 51.8 Å². The summed E-state index contributed by atoms with van der Waals surface area (Å²) >= 11 is 0. The van der Waals surface area contributed by atoms with E-state index in [9.17, 15) is 9.59 Å². The summed E-state index contributed by atoms with van der Waals surface area (Å²) in [4.78, 5) is 24.1. The molecule has 0 aliphatic heterocycles. The highest BCUT2D eigenvalue weighted by atomic mass is 16.5. The van der Waals surface area contributed by atoms with Gasteiger partial charge in [0, 0.05) is 6.04 Å². The topological polar surface area (TPSA) is 66.8 Å². The monoisotopic (exact) mass is 229 g/mol. The van der Waals surface area contributed by atoms with E-state index in [1.54, 1.807) is 0 Å². The van der Waals surface area contributed by atoms with E-state index in [0.717, 1.165) is 12.8 Å². The molecule has 1 atom stereocenters. The van der Waals surface area contributed by atoms with E-state index in [0.29, 0.717) is 0 Å². The number of carbonyl (C=O) groups excluding carboxylic acids is 1. The lowest BCUT2D eigenvalue weighted by atomic mass is 10.2. The van der Waals surface area contributed by atoms with Crippen molar-refractivity contribution in [1.82, 2.24) is 4.90 Å². The van der Waals surface area contributed by atoms with E-state index >= 15 is 0 Å². The second-order valence-electron chi connectivity index (χ2n) is 4.41. The van der Waals surface area contributed by atoms with Crippen LogP contribution >= 0.6 is 0 Å². The van der Waals surface area contributed by atoms with Gasteiger partial charge in [0.25, 0.3) is 0 Å². The zero-order chi connectivity index (χ0) is 12.3. The van der Waals surface area contributed by atoms with E-state index in [1.807, 2.05) is 13.8 Å². The first-order valence-electron chi connectivity index (χ1n) is 5.59. The minimum Gasteiger partial charge on any atom is -0.480 e. The fraction of sp³-hybridized carbons (Fsp3) is 0.818. The normalized spacial score (nSPS) is 17.2. The summed E-state index contributed by atoms with van der Waals surface area (Å²) in [5.74, 6) is -1.20. The number of carboxylic acid groups (broad SMARTS) is 1. The Kier molecular flexibility index (Phi) is 4.29. The highest BCUT2D eigenvalue weighted by Crippen LogP contribution is 2.28. The van der Waals surface area contributed by atoms with Crippen molar-refractivity contribution in [2.75, 3.05) is 6.61 Å². The van der Waals surface area contributed by atoms with E-state index < -0.39 is 12.0 Å². The molecule has 16 heavy (non-hydrogen) atoms. The number of ether oxygens (including phenoxy) is 1. The van der Waals surface area contributed by atoms with Crippen molar-refractivity contribution in [3.05, 3.63) is 0 Å². The van der Waals surface area contributed by atoms with Crippen molar-refractivity contribution in [3.63, 3.8) is 0 Å². The molecule has 1 N–H and O–H groups in total.